The monoisotopic (exact) mass is 350 g/mol. The van der Waals surface area contributed by atoms with E-state index in [2.05, 4.69) is 10.1 Å². The first-order valence-corrected chi connectivity index (χ1v) is 8.02. The van der Waals surface area contributed by atoms with Crippen molar-refractivity contribution in [1.82, 2.24) is 14.8 Å². The van der Waals surface area contributed by atoms with Gasteiger partial charge in [0.15, 0.2) is 12.4 Å². The van der Waals surface area contributed by atoms with Gasteiger partial charge in [-0.25, -0.2) is 14.5 Å². The molecule has 132 valence electrons. The predicted octanol–water partition coefficient (Wildman–Crippen LogP) is 2.40. The molecular formula is C19H18N4O3. The fourth-order valence-corrected chi connectivity index (χ4v) is 2.42. The Morgan fingerprint density at radius 3 is 2.54 bits per heavy atom. The molecule has 0 atom stereocenters. The van der Waals surface area contributed by atoms with Crippen molar-refractivity contribution >= 4 is 17.6 Å². The van der Waals surface area contributed by atoms with Gasteiger partial charge in [0.25, 0.3) is 5.91 Å². The van der Waals surface area contributed by atoms with Gasteiger partial charge in [0.2, 0.25) is 0 Å². The van der Waals surface area contributed by atoms with Crippen LogP contribution in [-0.4, -0.2) is 40.3 Å². The molecule has 0 aliphatic rings. The fourth-order valence-electron chi connectivity index (χ4n) is 2.42. The molecule has 0 bridgehead atoms. The molecule has 1 aromatic carbocycles. The standard InChI is InChI=1S/C19H18N4O3/c1-14-16(12-21-23(14)17-10-6-7-11-20-17)19(25)26-13-18(24)22(2)15-8-4-3-5-9-15/h3-12H,13H2,1-2H3. The summed E-state index contributed by atoms with van der Waals surface area (Å²) in [5.74, 6) is -0.317. The highest BCUT2D eigenvalue weighted by atomic mass is 16.5. The van der Waals surface area contributed by atoms with Crippen molar-refractivity contribution in [3.05, 3.63) is 72.2 Å². The number of benzene rings is 1. The SMILES string of the molecule is Cc1c(C(=O)OCC(=O)N(C)c2ccccc2)cnn1-c1ccccn1. The third-order valence-electron chi connectivity index (χ3n) is 3.94. The second-order valence-corrected chi connectivity index (χ2v) is 5.61. The number of aromatic nitrogens is 3. The van der Waals surface area contributed by atoms with Gasteiger partial charge in [-0.1, -0.05) is 24.3 Å². The van der Waals surface area contributed by atoms with E-state index in [0.717, 1.165) is 5.69 Å². The van der Waals surface area contributed by atoms with E-state index in [1.807, 2.05) is 24.3 Å². The van der Waals surface area contributed by atoms with E-state index in [0.29, 0.717) is 17.1 Å². The van der Waals surface area contributed by atoms with Gasteiger partial charge in [-0.05, 0) is 31.2 Å². The van der Waals surface area contributed by atoms with Crippen LogP contribution < -0.4 is 4.90 Å². The largest absolute Gasteiger partial charge is 0.452 e. The summed E-state index contributed by atoms with van der Waals surface area (Å²) in [6.45, 7) is 1.40. The van der Waals surface area contributed by atoms with Gasteiger partial charge >= 0.3 is 5.97 Å². The van der Waals surface area contributed by atoms with Crippen molar-refractivity contribution in [2.45, 2.75) is 6.92 Å². The van der Waals surface area contributed by atoms with Crippen LogP contribution in [0.15, 0.2) is 60.9 Å². The number of ether oxygens (including phenoxy) is 1. The number of likely N-dealkylation sites (N-methyl/N-ethyl adjacent to an activating group) is 1. The van der Waals surface area contributed by atoms with E-state index < -0.39 is 5.97 Å². The first-order valence-electron chi connectivity index (χ1n) is 8.02. The predicted molar refractivity (Wildman–Crippen MR) is 96.2 cm³/mol. The van der Waals surface area contributed by atoms with Crippen LogP contribution in [0.2, 0.25) is 0 Å². The zero-order valence-corrected chi connectivity index (χ0v) is 14.5. The third-order valence-corrected chi connectivity index (χ3v) is 3.94. The van der Waals surface area contributed by atoms with Gasteiger partial charge < -0.3 is 9.64 Å². The number of amides is 1. The second kappa shape index (κ2) is 7.60. The van der Waals surface area contributed by atoms with Gasteiger partial charge in [-0.2, -0.15) is 5.10 Å². The second-order valence-electron chi connectivity index (χ2n) is 5.61. The van der Waals surface area contributed by atoms with E-state index in [1.54, 1.807) is 49.1 Å². The molecule has 0 fully saturated rings. The van der Waals surface area contributed by atoms with Crippen LogP contribution in [0.1, 0.15) is 16.1 Å². The lowest BCUT2D eigenvalue weighted by Gasteiger charge is -2.17. The van der Waals surface area contributed by atoms with Gasteiger partial charge in [-0.15, -0.1) is 0 Å². The smallest absolute Gasteiger partial charge is 0.342 e. The lowest BCUT2D eigenvalue weighted by Crippen LogP contribution is -2.31. The zero-order valence-electron chi connectivity index (χ0n) is 14.5. The Bertz CT molecular complexity index is 907. The van der Waals surface area contributed by atoms with Crippen LogP contribution in [0.4, 0.5) is 5.69 Å². The molecule has 0 spiro atoms. The molecule has 0 saturated heterocycles. The van der Waals surface area contributed by atoms with Crippen molar-refractivity contribution in [1.29, 1.82) is 0 Å². The molecule has 7 heteroatoms. The minimum atomic E-state index is -0.598. The molecule has 7 nitrogen and oxygen atoms in total. The summed E-state index contributed by atoms with van der Waals surface area (Å²) in [6, 6.07) is 14.6. The number of nitrogens with zero attached hydrogens (tertiary/aromatic N) is 4. The van der Waals surface area contributed by atoms with Crippen molar-refractivity contribution in [2.24, 2.45) is 0 Å². The number of carbonyl (C=O) groups excluding carboxylic acids is 2. The van der Waals surface area contributed by atoms with E-state index in [4.69, 9.17) is 4.74 Å². The topological polar surface area (TPSA) is 77.3 Å². The van der Waals surface area contributed by atoms with Gasteiger partial charge in [0.05, 0.1) is 11.9 Å². The van der Waals surface area contributed by atoms with Gasteiger partial charge in [0, 0.05) is 18.9 Å². The summed E-state index contributed by atoms with van der Waals surface area (Å²) >= 11 is 0. The average molecular weight is 350 g/mol. The van der Waals surface area contributed by atoms with Crippen LogP contribution in [0.5, 0.6) is 0 Å². The lowest BCUT2D eigenvalue weighted by molar-refractivity contribution is -0.121. The molecular weight excluding hydrogens is 332 g/mol. The third kappa shape index (κ3) is 3.61. The van der Waals surface area contributed by atoms with Gasteiger partial charge in [-0.3, -0.25) is 4.79 Å². The quantitative estimate of drug-likeness (QED) is 0.660. The van der Waals surface area contributed by atoms with Crippen LogP contribution in [0.3, 0.4) is 0 Å². The number of anilines is 1. The summed E-state index contributed by atoms with van der Waals surface area (Å²) in [5.41, 5.74) is 1.62. The number of pyridine rings is 1. The molecule has 0 saturated carbocycles. The molecule has 2 aromatic heterocycles. The molecule has 2 heterocycles. The number of carbonyl (C=O) groups is 2. The maximum Gasteiger partial charge on any atom is 0.342 e. The summed E-state index contributed by atoms with van der Waals surface area (Å²) in [7, 11) is 1.63. The van der Waals surface area contributed by atoms with E-state index in [1.165, 1.54) is 11.1 Å². The highest BCUT2D eigenvalue weighted by Crippen LogP contribution is 2.14. The minimum absolute atomic E-state index is 0.297. The number of hydrogen-bond acceptors (Lipinski definition) is 5. The molecule has 3 rings (SSSR count). The molecule has 0 unspecified atom stereocenters. The fraction of sp³-hybridized carbons (Fsp3) is 0.158. The number of esters is 1. The molecule has 3 aromatic rings. The highest BCUT2D eigenvalue weighted by molar-refractivity contribution is 5.97. The number of rotatable bonds is 5. The van der Waals surface area contributed by atoms with Crippen molar-refractivity contribution in [3.8, 4) is 5.82 Å². The molecule has 0 aliphatic carbocycles. The van der Waals surface area contributed by atoms with Crippen molar-refractivity contribution in [3.63, 3.8) is 0 Å². The van der Waals surface area contributed by atoms with E-state index in [9.17, 15) is 9.59 Å². The van der Waals surface area contributed by atoms with Crippen LogP contribution in [-0.2, 0) is 9.53 Å². The van der Waals surface area contributed by atoms with Crippen LogP contribution >= 0.6 is 0 Å². The Morgan fingerprint density at radius 2 is 1.85 bits per heavy atom. The Balaban J connectivity index is 1.66. The minimum Gasteiger partial charge on any atom is -0.452 e. The Morgan fingerprint density at radius 1 is 1.12 bits per heavy atom. The van der Waals surface area contributed by atoms with Gasteiger partial charge in [0.1, 0.15) is 5.56 Å². The summed E-state index contributed by atoms with van der Waals surface area (Å²) < 4.78 is 6.71. The molecule has 0 radical (unpaired) electrons. The normalized spacial score (nSPS) is 10.4. The van der Waals surface area contributed by atoms with E-state index in [-0.39, 0.29) is 12.5 Å². The van der Waals surface area contributed by atoms with Crippen molar-refractivity contribution < 1.29 is 14.3 Å². The number of para-hydroxylation sites is 1. The number of hydrogen-bond donors (Lipinski definition) is 0. The highest BCUT2D eigenvalue weighted by Gasteiger charge is 2.19. The van der Waals surface area contributed by atoms with E-state index >= 15 is 0 Å². The summed E-state index contributed by atoms with van der Waals surface area (Å²) in [5, 5.41) is 4.17. The van der Waals surface area contributed by atoms with Crippen LogP contribution in [0.25, 0.3) is 5.82 Å². The molecule has 0 N–H and O–H groups in total. The Hall–Kier alpha value is -3.48. The molecule has 0 aliphatic heterocycles. The van der Waals surface area contributed by atoms with Crippen LogP contribution in [0, 0.1) is 6.92 Å². The average Bonchev–Trinajstić information content (AvgIpc) is 3.08. The first kappa shape index (κ1) is 17.3. The summed E-state index contributed by atoms with van der Waals surface area (Å²) in [4.78, 5) is 30.2. The first-order chi connectivity index (χ1) is 12.6. The Kier molecular flexibility index (Phi) is 5.07. The van der Waals surface area contributed by atoms with Crippen molar-refractivity contribution in [2.75, 3.05) is 18.6 Å². The maximum atomic E-state index is 12.3. The lowest BCUT2D eigenvalue weighted by atomic mass is 10.2. The maximum absolute atomic E-state index is 12.3. The Labute approximate surface area is 150 Å². The molecule has 26 heavy (non-hydrogen) atoms. The summed E-state index contributed by atoms with van der Waals surface area (Å²) in [6.07, 6.45) is 3.06. The zero-order chi connectivity index (χ0) is 18.5. The molecule has 1 amide bonds.